The molecule has 0 amide bonds. The summed E-state index contributed by atoms with van der Waals surface area (Å²) in [6, 6.07) is 17.9. The molecule has 1 aromatic heterocycles. The number of hydrogen-bond acceptors (Lipinski definition) is 3. The van der Waals surface area contributed by atoms with Gasteiger partial charge in [-0.2, -0.15) is 0 Å². The van der Waals surface area contributed by atoms with Crippen LogP contribution in [0, 0.1) is 0 Å². The van der Waals surface area contributed by atoms with E-state index in [0.29, 0.717) is 0 Å². The molecule has 1 aliphatic heterocycles. The van der Waals surface area contributed by atoms with Gasteiger partial charge in [0.15, 0.2) is 0 Å². The van der Waals surface area contributed by atoms with Crippen molar-refractivity contribution in [2.45, 2.75) is 18.4 Å². The van der Waals surface area contributed by atoms with Crippen LogP contribution >= 0.6 is 0 Å². The molecule has 1 aliphatic carbocycles. The standard InChI is InChI=1S/C18H21N3/c1-2-6-15(7-3-1)16-14-17(16)20-10-12-21(13-11-20)18-8-4-5-9-19-18/h1-9,16-17H,10-14H2/t16-,17+/m1/s1. The number of anilines is 1. The molecule has 21 heavy (non-hydrogen) atoms. The second kappa shape index (κ2) is 5.49. The number of benzene rings is 1. The van der Waals surface area contributed by atoms with Crippen molar-refractivity contribution in [3.8, 4) is 0 Å². The fraction of sp³-hybridized carbons (Fsp3) is 0.389. The zero-order valence-electron chi connectivity index (χ0n) is 12.2. The van der Waals surface area contributed by atoms with Crippen molar-refractivity contribution in [2.75, 3.05) is 31.1 Å². The summed E-state index contributed by atoms with van der Waals surface area (Å²) < 4.78 is 0. The second-order valence-electron chi connectivity index (χ2n) is 6.03. The Balaban J connectivity index is 1.35. The van der Waals surface area contributed by atoms with Gasteiger partial charge >= 0.3 is 0 Å². The van der Waals surface area contributed by atoms with Crippen molar-refractivity contribution in [1.29, 1.82) is 0 Å². The molecule has 1 aromatic carbocycles. The molecule has 2 fully saturated rings. The number of hydrogen-bond donors (Lipinski definition) is 0. The summed E-state index contributed by atoms with van der Waals surface area (Å²) in [7, 11) is 0. The molecule has 0 unspecified atom stereocenters. The average Bonchev–Trinajstić information content (AvgIpc) is 3.37. The number of aromatic nitrogens is 1. The van der Waals surface area contributed by atoms with Crippen LogP contribution in [0.2, 0.25) is 0 Å². The molecule has 0 N–H and O–H groups in total. The lowest BCUT2D eigenvalue weighted by Crippen LogP contribution is -2.47. The zero-order chi connectivity index (χ0) is 14.1. The topological polar surface area (TPSA) is 19.4 Å². The highest BCUT2D eigenvalue weighted by atomic mass is 15.3. The third-order valence-corrected chi connectivity index (χ3v) is 4.74. The van der Waals surface area contributed by atoms with Crippen LogP contribution in [-0.2, 0) is 0 Å². The number of rotatable bonds is 3. The van der Waals surface area contributed by atoms with Gasteiger partial charge in [0.25, 0.3) is 0 Å². The minimum absolute atomic E-state index is 0.757. The van der Waals surface area contributed by atoms with Gasteiger partial charge in [0.1, 0.15) is 5.82 Å². The van der Waals surface area contributed by atoms with E-state index in [9.17, 15) is 0 Å². The van der Waals surface area contributed by atoms with Crippen LogP contribution < -0.4 is 4.90 Å². The van der Waals surface area contributed by atoms with Crippen molar-refractivity contribution in [3.63, 3.8) is 0 Å². The molecule has 108 valence electrons. The summed E-state index contributed by atoms with van der Waals surface area (Å²) in [6.07, 6.45) is 3.21. The largest absolute Gasteiger partial charge is 0.354 e. The maximum atomic E-state index is 4.46. The Bertz CT molecular complexity index is 576. The van der Waals surface area contributed by atoms with E-state index in [2.05, 4.69) is 57.2 Å². The predicted octanol–water partition coefficient (Wildman–Crippen LogP) is 2.76. The lowest BCUT2D eigenvalue weighted by Gasteiger charge is -2.35. The van der Waals surface area contributed by atoms with Crippen LogP contribution in [0.1, 0.15) is 17.9 Å². The van der Waals surface area contributed by atoms with Gasteiger partial charge in [-0.3, -0.25) is 4.90 Å². The van der Waals surface area contributed by atoms with Gasteiger partial charge in [-0.1, -0.05) is 36.4 Å². The molecular weight excluding hydrogens is 258 g/mol. The molecular formula is C18H21N3. The first-order valence-corrected chi connectivity index (χ1v) is 7.87. The van der Waals surface area contributed by atoms with Gasteiger partial charge in [0, 0.05) is 44.3 Å². The molecule has 2 aromatic rings. The van der Waals surface area contributed by atoms with E-state index in [1.807, 2.05) is 12.3 Å². The molecule has 0 spiro atoms. The fourth-order valence-electron chi connectivity index (χ4n) is 3.47. The molecule has 3 heteroatoms. The van der Waals surface area contributed by atoms with Crippen LogP contribution in [0.15, 0.2) is 54.7 Å². The summed E-state index contributed by atoms with van der Waals surface area (Å²) in [5, 5.41) is 0. The Morgan fingerprint density at radius 3 is 2.33 bits per heavy atom. The minimum atomic E-state index is 0.757. The normalized spacial score (nSPS) is 25.8. The van der Waals surface area contributed by atoms with Crippen molar-refractivity contribution in [1.82, 2.24) is 9.88 Å². The van der Waals surface area contributed by atoms with Gasteiger partial charge in [-0.25, -0.2) is 4.98 Å². The highest BCUT2D eigenvalue weighted by Crippen LogP contribution is 2.44. The quantitative estimate of drug-likeness (QED) is 0.861. The summed E-state index contributed by atoms with van der Waals surface area (Å²) >= 11 is 0. The highest BCUT2D eigenvalue weighted by molar-refractivity contribution is 5.38. The maximum Gasteiger partial charge on any atom is 0.128 e. The zero-order valence-corrected chi connectivity index (χ0v) is 12.2. The first-order chi connectivity index (χ1) is 10.4. The van der Waals surface area contributed by atoms with E-state index in [0.717, 1.165) is 44.0 Å². The Labute approximate surface area is 126 Å². The van der Waals surface area contributed by atoms with Crippen LogP contribution in [-0.4, -0.2) is 42.1 Å². The SMILES string of the molecule is c1ccc([C@H]2C[C@@H]2N2CCN(c3ccccn3)CC2)cc1. The predicted molar refractivity (Wildman–Crippen MR) is 85.6 cm³/mol. The Morgan fingerprint density at radius 1 is 0.857 bits per heavy atom. The van der Waals surface area contributed by atoms with Gasteiger partial charge in [-0.15, -0.1) is 0 Å². The smallest absolute Gasteiger partial charge is 0.128 e. The van der Waals surface area contributed by atoms with E-state index in [1.165, 1.54) is 12.0 Å². The van der Waals surface area contributed by atoms with E-state index >= 15 is 0 Å². The maximum absolute atomic E-state index is 4.46. The van der Waals surface area contributed by atoms with Gasteiger partial charge in [0.2, 0.25) is 0 Å². The molecule has 1 saturated heterocycles. The Morgan fingerprint density at radius 2 is 1.62 bits per heavy atom. The van der Waals surface area contributed by atoms with Crippen LogP contribution in [0.25, 0.3) is 0 Å². The van der Waals surface area contributed by atoms with E-state index in [4.69, 9.17) is 0 Å². The summed E-state index contributed by atoms with van der Waals surface area (Å²) in [6.45, 7) is 4.50. The number of pyridine rings is 1. The van der Waals surface area contributed by atoms with Crippen LogP contribution in [0.5, 0.6) is 0 Å². The first-order valence-electron chi connectivity index (χ1n) is 7.87. The molecule has 2 aliphatic rings. The molecule has 4 rings (SSSR count). The summed E-state index contributed by atoms with van der Waals surface area (Å²) in [5.41, 5.74) is 1.51. The minimum Gasteiger partial charge on any atom is -0.354 e. The Kier molecular flexibility index (Phi) is 3.36. The van der Waals surface area contributed by atoms with Crippen LogP contribution in [0.4, 0.5) is 5.82 Å². The van der Waals surface area contributed by atoms with Crippen molar-refractivity contribution < 1.29 is 0 Å². The lowest BCUT2D eigenvalue weighted by atomic mass is 10.1. The lowest BCUT2D eigenvalue weighted by molar-refractivity contribution is 0.243. The fourth-order valence-corrected chi connectivity index (χ4v) is 3.47. The van der Waals surface area contributed by atoms with Gasteiger partial charge < -0.3 is 4.90 Å². The highest BCUT2D eigenvalue weighted by Gasteiger charge is 2.43. The molecule has 0 radical (unpaired) electrons. The van der Waals surface area contributed by atoms with E-state index < -0.39 is 0 Å². The monoisotopic (exact) mass is 279 g/mol. The third-order valence-electron chi connectivity index (χ3n) is 4.74. The van der Waals surface area contributed by atoms with E-state index in [-0.39, 0.29) is 0 Å². The number of nitrogens with zero attached hydrogens (tertiary/aromatic N) is 3. The number of piperazine rings is 1. The van der Waals surface area contributed by atoms with Gasteiger partial charge in [0.05, 0.1) is 0 Å². The van der Waals surface area contributed by atoms with Crippen molar-refractivity contribution in [3.05, 3.63) is 60.3 Å². The van der Waals surface area contributed by atoms with Crippen LogP contribution in [0.3, 0.4) is 0 Å². The molecule has 3 nitrogen and oxygen atoms in total. The second-order valence-corrected chi connectivity index (χ2v) is 6.03. The Hall–Kier alpha value is -1.87. The van der Waals surface area contributed by atoms with E-state index in [1.54, 1.807) is 0 Å². The van der Waals surface area contributed by atoms with Crippen molar-refractivity contribution >= 4 is 5.82 Å². The summed E-state index contributed by atoms with van der Waals surface area (Å²) in [5.74, 6) is 1.88. The third kappa shape index (κ3) is 2.66. The van der Waals surface area contributed by atoms with Gasteiger partial charge in [-0.05, 0) is 24.1 Å². The molecule has 2 heterocycles. The molecule has 2 atom stereocenters. The van der Waals surface area contributed by atoms with Crippen molar-refractivity contribution in [2.24, 2.45) is 0 Å². The average molecular weight is 279 g/mol. The molecule has 1 saturated carbocycles. The molecule has 0 bridgehead atoms. The first kappa shape index (κ1) is 12.8. The summed E-state index contributed by atoms with van der Waals surface area (Å²) in [4.78, 5) is 9.52.